The van der Waals surface area contributed by atoms with Gasteiger partial charge in [-0.25, -0.2) is 0 Å². The van der Waals surface area contributed by atoms with E-state index in [1.807, 2.05) is 75.4 Å². The van der Waals surface area contributed by atoms with Gasteiger partial charge in [0.15, 0.2) is 0 Å². The van der Waals surface area contributed by atoms with Crippen molar-refractivity contribution in [2.24, 2.45) is 5.73 Å². The summed E-state index contributed by atoms with van der Waals surface area (Å²) in [6.07, 6.45) is 0.107. The van der Waals surface area contributed by atoms with Gasteiger partial charge in [-0.15, -0.1) is 0 Å². The quantitative estimate of drug-likeness (QED) is 0.853. The summed E-state index contributed by atoms with van der Waals surface area (Å²) in [7, 11) is 0. The second-order valence-electron chi connectivity index (χ2n) is 6.50. The molecule has 4 heteroatoms. The lowest BCUT2D eigenvalue weighted by molar-refractivity contribution is -0.126. The summed E-state index contributed by atoms with van der Waals surface area (Å²) >= 11 is 0. The second-order valence-corrected chi connectivity index (χ2v) is 6.50. The average molecular weight is 326 g/mol. The van der Waals surface area contributed by atoms with E-state index in [1.165, 1.54) is 0 Å². The van der Waals surface area contributed by atoms with Crippen LogP contribution in [0.25, 0.3) is 0 Å². The first-order valence-corrected chi connectivity index (χ1v) is 8.22. The lowest BCUT2D eigenvalue weighted by atomic mass is 9.91. The first-order valence-electron chi connectivity index (χ1n) is 8.22. The highest BCUT2D eigenvalue weighted by Gasteiger charge is 2.31. The van der Waals surface area contributed by atoms with Crippen molar-refractivity contribution in [2.45, 2.75) is 45.4 Å². The molecule has 2 aromatic carbocycles. The summed E-state index contributed by atoms with van der Waals surface area (Å²) in [5.74, 6) is 0.582. The molecule has 2 rings (SSSR count). The fourth-order valence-corrected chi connectivity index (χ4v) is 2.47. The highest BCUT2D eigenvalue weighted by molar-refractivity contribution is 5.87. The van der Waals surface area contributed by atoms with Crippen LogP contribution in [0, 0.1) is 0 Å². The van der Waals surface area contributed by atoms with Crippen LogP contribution in [0.5, 0.6) is 5.75 Å². The molecule has 24 heavy (non-hydrogen) atoms. The molecule has 1 amide bonds. The van der Waals surface area contributed by atoms with Gasteiger partial charge in [-0.1, -0.05) is 42.5 Å². The maximum Gasteiger partial charge on any atom is 0.244 e. The minimum Gasteiger partial charge on any atom is -0.491 e. The predicted molar refractivity (Wildman–Crippen MR) is 96.7 cm³/mol. The molecule has 0 fully saturated rings. The third kappa shape index (κ3) is 4.36. The molecule has 0 aliphatic heterocycles. The maximum absolute atomic E-state index is 12.6. The molecule has 0 radical (unpaired) electrons. The Morgan fingerprint density at radius 3 is 2.38 bits per heavy atom. The number of rotatable bonds is 6. The highest BCUT2D eigenvalue weighted by atomic mass is 16.5. The normalized spacial score (nSPS) is 14.8. The molecule has 0 saturated heterocycles. The number of amides is 1. The monoisotopic (exact) mass is 326 g/mol. The van der Waals surface area contributed by atoms with Gasteiger partial charge in [-0.2, -0.15) is 0 Å². The van der Waals surface area contributed by atoms with E-state index in [2.05, 4.69) is 5.32 Å². The van der Waals surface area contributed by atoms with Crippen molar-refractivity contribution in [3.8, 4) is 5.75 Å². The van der Waals surface area contributed by atoms with Crippen LogP contribution in [0.2, 0.25) is 0 Å². The van der Waals surface area contributed by atoms with E-state index in [4.69, 9.17) is 10.5 Å². The van der Waals surface area contributed by atoms with E-state index in [0.717, 1.165) is 16.9 Å². The van der Waals surface area contributed by atoms with Crippen LogP contribution in [-0.2, 0) is 10.3 Å². The van der Waals surface area contributed by atoms with Gasteiger partial charge in [0.1, 0.15) is 11.3 Å². The molecule has 0 aliphatic carbocycles. The summed E-state index contributed by atoms with van der Waals surface area (Å²) in [4.78, 5) is 12.6. The maximum atomic E-state index is 12.6. The fraction of sp³-hybridized carbons (Fsp3) is 0.350. The van der Waals surface area contributed by atoms with Crippen molar-refractivity contribution in [3.63, 3.8) is 0 Å². The van der Waals surface area contributed by atoms with Crippen molar-refractivity contribution in [1.29, 1.82) is 0 Å². The standard InChI is InChI=1S/C20H26N2O2/c1-14(2)24-18-12-8-9-16(13-18)15(3)22-19(23)20(4,21)17-10-6-5-7-11-17/h5-15H,21H2,1-4H3,(H,22,23). The Balaban J connectivity index is 2.11. The van der Waals surface area contributed by atoms with E-state index < -0.39 is 5.54 Å². The van der Waals surface area contributed by atoms with Crippen LogP contribution >= 0.6 is 0 Å². The van der Waals surface area contributed by atoms with Gasteiger partial charge in [-0.05, 0) is 51.0 Å². The Morgan fingerprint density at radius 2 is 1.75 bits per heavy atom. The molecule has 0 saturated carbocycles. The molecule has 4 nitrogen and oxygen atoms in total. The van der Waals surface area contributed by atoms with Gasteiger partial charge in [0.25, 0.3) is 0 Å². The number of hydrogen-bond acceptors (Lipinski definition) is 3. The van der Waals surface area contributed by atoms with Crippen LogP contribution in [0.15, 0.2) is 54.6 Å². The lowest BCUT2D eigenvalue weighted by Crippen LogP contribution is -2.49. The third-order valence-electron chi connectivity index (χ3n) is 3.92. The zero-order valence-corrected chi connectivity index (χ0v) is 14.7. The summed E-state index contributed by atoms with van der Waals surface area (Å²) in [6, 6.07) is 17.0. The summed E-state index contributed by atoms with van der Waals surface area (Å²) in [6.45, 7) is 7.63. The molecule has 0 bridgehead atoms. The van der Waals surface area contributed by atoms with Gasteiger partial charge in [0, 0.05) is 0 Å². The topological polar surface area (TPSA) is 64.3 Å². The summed E-state index contributed by atoms with van der Waals surface area (Å²) in [5.41, 5.74) is 6.95. The van der Waals surface area contributed by atoms with Crippen molar-refractivity contribution < 1.29 is 9.53 Å². The number of nitrogens with two attached hydrogens (primary N) is 1. The number of carbonyl (C=O) groups excluding carboxylic acids is 1. The molecule has 128 valence electrons. The predicted octanol–water partition coefficient (Wildman–Crippen LogP) is 3.53. The fourth-order valence-electron chi connectivity index (χ4n) is 2.47. The van der Waals surface area contributed by atoms with Gasteiger partial charge < -0.3 is 15.8 Å². The average Bonchev–Trinajstić information content (AvgIpc) is 2.55. The van der Waals surface area contributed by atoms with E-state index >= 15 is 0 Å². The Hall–Kier alpha value is -2.33. The van der Waals surface area contributed by atoms with Gasteiger partial charge >= 0.3 is 0 Å². The number of carbonyl (C=O) groups is 1. The van der Waals surface area contributed by atoms with Crippen molar-refractivity contribution in [2.75, 3.05) is 0 Å². The molecule has 3 N–H and O–H groups in total. The Bertz CT molecular complexity index is 681. The number of hydrogen-bond donors (Lipinski definition) is 2. The summed E-state index contributed by atoms with van der Waals surface area (Å²) in [5, 5.41) is 3.00. The summed E-state index contributed by atoms with van der Waals surface area (Å²) < 4.78 is 5.71. The number of benzene rings is 2. The van der Waals surface area contributed by atoms with Crippen molar-refractivity contribution in [1.82, 2.24) is 5.32 Å². The van der Waals surface area contributed by atoms with Gasteiger partial charge in [0.2, 0.25) is 5.91 Å². The Kier molecular flexibility index (Phi) is 5.62. The number of ether oxygens (including phenoxy) is 1. The Morgan fingerprint density at radius 1 is 1.08 bits per heavy atom. The van der Waals surface area contributed by atoms with E-state index in [-0.39, 0.29) is 18.1 Å². The zero-order valence-electron chi connectivity index (χ0n) is 14.7. The first-order chi connectivity index (χ1) is 11.3. The largest absolute Gasteiger partial charge is 0.491 e. The van der Waals surface area contributed by atoms with Crippen LogP contribution in [0.4, 0.5) is 0 Å². The van der Waals surface area contributed by atoms with Crippen LogP contribution in [0.3, 0.4) is 0 Å². The SMILES string of the molecule is CC(C)Oc1cccc(C(C)NC(=O)C(C)(N)c2ccccc2)c1. The van der Waals surface area contributed by atoms with Crippen molar-refractivity contribution >= 4 is 5.91 Å². The van der Waals surface area contributed by atoms with Crippen LogP contribution in [0.1, 0.15) is 44.9 Å². The van der Waals surface area contributed by atoms with E-state index in [1.54, 1.807) is 6.92 Å². The minimum absolute atomic E-state index is 0.107. The molecule has 0 aliphatic rings. The van der Waals surface area contributed by atoms with Gasteiger partial charge in [0.05, 0.1) is 12.1 Å². The molecule has 0 heterocycles. The second kappa shape index (κ2) is 7.49. The number of nitrogens with one attached hydrogen (secondary N) is 1. The molecular formula is C20H26N2O2. The molecule has 0 aromatic heterocycles. The lowest BCUT2D eigenvalue weighted by Gasteiger charge is -2.26. The van der Waals surface area contributed by atoms with Gasteiger partial charge in [-0.3, -0.25) is 4.79 Å². The first kappa shape index (κ1) is 18.0. The highest BCUT2D eigenvalue weighted by Crippen LogP contribution is 2.23. The van der Waals surface area contributed by atoms with Crippen molar-refractivity contribution in [3.05, 3.63) is 65.7 Å². The van der Waals surface area contributed by atoms with E-state index in [0.29, 0.717) is 0 Å². The molecule has 2 aromatic rings. The minimum atomic E-state index is -1.08. The molecular weight excluding hydrogens is 300 g/mol. The zero-order chi connectivity index (χ0) is 17.7. The Labute approximate surface area is 144 Å². The van der Waals surface area contributed by atoms with Crippen LogP contribution < -0.4 is 15.8 Å². The smallest absolute Gasteiger partial charge is 0.244 e. The molecule has 2 unspecified atom stereocenters. The molecule has 0 spiro atoms. The molecule has 2 atom stereocenters. The van der Waals surface area contributed by atoms with Crippen LogP contribution in [-0.4, -0.2) is 12.0 Å². The van der Waals surface area contributed by atoms with E-state index in [9.17, 15) is 4.79 Å². The third-order valence-corrected chi connectivity index (χ3v) is 3.92.